The lowest BCUT2D eigenvalue weighted by atomic mass is 9.98. The summed E-state index contributed by atoms with van der Waals surface area (Å²) in [6.45, 7) is 1.28. The SMILES string of the molecule is COc1cc2c(cc1OC)CN(C(=O)CCN1C(=O)c3ccccc3N3C(=O)c4ccccc4[C@@H]13)CC2. The summed E-state index contributed by atoms with van der Waals surface area (Å²) in [5, 5.41) is 0. The van der Waals surface area contributed by atoms with E-state index in [-0.39, 0.29) is 30.7 Å². The highest BCUT2D eigenvalue weighted by molar-refractivity contribution is 6.16. The number of fused-ring (bicyclic) bond motifs is 6. The van der Waals surface area contributed by atoms with Crippen molar-refractivity contribution in [3.8, 4) is 11.5 Å². The minimum absolute atomic E-state index is 0.0312. The molecule has 3 heterocycles. The van der Waals surface area contributed by atoms with Gasteiger partial charge < -0.3 is 19.3 Å². The lowest BCUT2D eigenvalue weighted by Crippen LogP contribution is -2.49. The Morgan fingerprint density at radius 2 is 1.57 bits per heavy atom. The third-order valence-electron chi connectivity index (χ3n) is 7.52. The van der Waals surface area contributed by atoms with Gasteiger partial charge in [-0.2, -0.15) is 0 Å². The Kier molecular flexibility index (Phi) is 5.59. The molecular formula is C29H27N3O5. The Labute approximate surface area is 215 Å². The maximum absolute atomic E-state index is 13.6. The summed E-state index contributed by atoms with van der Waals surface area (Å²) < 4.78 is 10.9. The van der Waals surface area contributed by atoms with Crippen LogP contribution in [0.5, 0.6) is 11.5 Å². The van der Waals surface area contributed by atoms with Crippen molar-refractivity contribution in [3.05, 3.63) is 88.5 Å². The first-order valence-corrected chi connectivity index (χ1v) is 12.4. The molecule has 0 N–H and O–H groups in total. The highest BCUT2D eigenvalue weighted by Crippen LogP contribution is 2.45. The van der Waals surface area contributed by atoms with E-state index >= 15 is 0 Å². The summed E-state index contributed by atoms with van der Waals surface area (Å²) in [7, 11) is 3.21. The first-order valence-electron chi connectivity index (χ1n) is 12.4. The number of hydrogen-bond donors (Lipinski definition) is 0. The quantitative estimate of drug-likeness (QED) is 0.536. The van der Waals surface area contributed by atoms with Gasteiger partial charge in [0.1, 0.15) is 6.17 Å². The zero-order valence-corrected chi connectivity index (χ0v) is 20.8. The molecule has 0 aliphatic carbocycles. The van der Waals surface area contributed by atoms with Crippen molar-refractivity contribution < 1.29 is 23.9 Å². The van der Waals surface area contributed by atoms with Gasteiger partial charge in [0, 0.05) is 37.2 Å². The Morgan fingerprint density at radius 3 is 2.32 bits per heavy atom. The lowest BCUT2D eigenvalue weighted by molar-refractivity contribution is -0.132. The lowest BCUT2D eigenvalue weighted by Gasteiger charge is -2.41. The van der Waals surface area contributed by atoms with E-state index in [1.54, 1.807) is 48.3 Å². The molecule has 0 aromatic heterocycles. The van der Waals surface area contributed by atoms with Gasteiger partial charge in [0.05, 0.1) is 25.5 Å². The summed E-state index contributed by atoms with van der Waals surface area (Å²) in [4.78, 5) is 45.4. The number of amides is 3. The number of anilines is 1. The second-order valence-corrected chi connectivity index (χ2v) is 9.44. The highest BCUT2D eigenvalue weighted by Gasteiger charge is 2.47. The van der Waals surface area contributed by atoms with Crippen LogP contribution in [0.15, 0.2) is 60.7 Å². The molecule has 6 rings (SSSR count). The van der Waals surface area contributed by atoms with Gasteiger partial charge in [-0.05, 0) is 47.9 Å². The first-order chi connectivity index (χ1) is 18.0. The second kappa shape index (κ2) is 8.96. The third-order valence-corrected chi connectivity index (χ3v) is 7.52. The molecule has 0 unspecified atom stereocenters. The molecule has 3 aliphatic heterocycles. The van der Waals surface area contributed by atoms with Gasteiger partial charge in [0.15, 0.2) is 11.5 Å². The highest BCUT2D eigenvalue weighted by atomic mass is 16.5. The fourth-order valence-electron chi connectivity index (χ4n) is 5.67. The molecule has 1 atom stereocenters. The van der Waals surface area contributed by atoms with Crippen LogP contribution in [-0.2, 0) is 17.8 Å². The van der Waals surface area contributed by atoms with Crippen LogP contribution in [0.3, 0.4) is 0 Å². The van der Waals surface area contributed by atoms with E-state index in [0.717, 1.165) is 23.1 Å². The Bertz CT molecular complexity index is 1430. The van der Waals surface area contributed by atoms with E-state index in [1.807, 2.05) is 41.3 Å². The van der Waals surface area contributed by atoms with Crippen molar-refractivity contribution in [2.24, 2.45) is 0 Å². The second-order valence-electron chi connectivity index (χ2n) is 9.44. The first kappa shape index (κ1) is 23.1. The molecule has 0 bridgehead atoms. The number of hydrogen-bond acceptors (Lipinski definition) is 5. The average molecular weight is 498 g/mol. The number of carbonyl (C=O) groups excluding carboxylic acids is 3. The molecule has 8 nitrogen and oxygen atoms in total. The number of rotatable bonds is 5. The van der Waals surface area contributed by atoms with Gasteiger partial charge in [-0.1, -0.05) is 30.3 Å². The average Bonchev–Trinajstić information content (AvgIpc) is 3.24. The summed E-state index contributed by atoms with van der Waals surface area (Å²) in [6, 6.07) is 18.5. The van der Waals surface area contributed by atoms with Gasteiger partial charge in [0.2, 0.25) is 5.91 Å². The predicted octanol–water partition coefficient (Wildman–Crippen LogP) is 3.79. The van der Waals surface area contributed by atoms with Crippen LogP contribution in [0.1, 0.15) is 50.0 Å². The van der Waals surface area contributed by atoms with Gasteiger partial charge in [-0.3, -0.25) is 19.3 Å². The van der Waals surface area contributed by atoms with Crippen molar-refractivity contribution >= 4 is 23.4 Å². The van der Waals surface area contributed by atoms with E-state index in [1.165, 1.54) is 0 Å². The number of methoxy groups -OCH3 is 2. The van der Waals surface area contributed by atoms with E-state index in [2.05, 4.69) is 0 Å². The molecule has 0 saturated heterocycles. The number of nitrogens with zero attached hydrogens (tertiary/aromatic N) is 3. The largest absolute Gasteiger partial charge is 0.493 e. The van der Waals surface area contributed by atoms with E-state index in [4.69, 9.17) is 9.47 Å². The molecule has 3 aromatic carbocycles. The molecule has 3 amide bonds. The fourth-order valence-corrected chi connectivity index (χ4v) is 5.67. The molecule has 3 aromatic rings. The van der Waals surface area contributed by atoms with E-state index in [0.29, 0.717) is 41.4 Å². The Balaban J connectivity index is 1.24. The maximum Gasteiger partial charge on any atom is 0.260 e. The molecule has 188 valence electrons. The van der Waals surface area contributed by atoms with Crippen LogP contribution >= 0.6 is 0 Å². The minimum Gasteiger partial charge on any atom is -0.493 e. The zero-order chi connectivity index (χ0) is 25.7. The maximum atomic E-state index is 13.6. The van der Waals surface area contributed by atoms with Crippen LogP contribution < -0.4 is 14.4 Å². The molecule has 0 saturated carbocycles. The van der Waals surface area contributed by atoms with Crippen LogP contribution in [-0.4, -0.2) is 54.8 Å². The Hall–Kier alpha value is -4.33. The molecule has 0 fully saturated rings. The normalized spacial score (nSPS) is 17.7. The van der Waals surface area contributed by atoms with Crippen molar-refractivity contribution in [1.29, 1.82) is 0 Å². The molecule has 0 spiro atoms. The molecule has 3 aliphatic rings. The van der Waals surface area contributed by atoms with Gasteiger partial charge >= 0.3 is 0 Å². The Morgan fingerprint density at radius 1 is 0.892 bits per heavy atom. The fraction of sp³-hybridized carbons (Fsp3) is 0.276. The summed E-state index contributed by atoms with van der Waals surface area (Å²) in [6.07, 6.45) is 0.324. The summed E-state index contributed by atoms with van der Waals surface area (Å²) >= 11 is 0. The zero-order valence-electron chi connectivity index (χ0n) is 20.8. The van der Waals surface area contributed by atoms with Crippen LogP contribution in [0, 0.1) is 0 Å². The number of benzene rings is 3. The molecule has 8 heteroatoms. The topological polar surface area (TPSA) is 79.4 Å². The summed E-state index contributed by atoms with van der Waals surface area (Å²) in [5.41, 5.74) is 4.63. The molecule has 37 heavy (non-hydrogen) atoms. The van der Waals surface area contributed by atoms with E-state index in [9.17, 15) is 14.4 Å². The van der Waals surface area contributed by atoms with Crippen LogP contribution in [0.4, 0.5) is 5.69 Å². The van der Waals surface area contributed by atoms with Gasteiger partial charge in [0.25, 0.3) is 11.8 Å². The van der Waals surface area contributed by atoms with Crippen molar-refractivity contribution in [3.63, 3.8) is 0 Å². The number of para-hydroxylation sites is 1. The molecule has 0 radical (unpaired) electrons. The smallest absolute Gasteiger partial charge is 0.260 e. The van der Waals surface area contributed by atoms with Crippen molar-refractivity contribution in [2.75, 3.05) is 32.2 Å². The van der Waals surface area contributed by atoms with Gasteiger partial charge in [-0.25, -0.2) is 0 Å². The summed E-state index contributed by atoms with van der Waals surface area (Å²) in [5.74, 6) is 0.985. The van der Waals surface area contributed by atoms with Crippen molar-refractivity contribution in [2.45, 2.75) is 25.6 Å². The van der Waals surface area contributed by atoms with Crippen LogP contribution in [0.2, 0.25) is 0 Å². The monoisotopic (exact) mass is 497 g/mol. The number of ether oxygens (including phenoxy) is 2. The predicted molar refractivity (Wildman–Crippen MR) is 137 cm³/mol. The third kappa shape index (κ3) is 3.63. The van der Waals surface area contributed by atoms with Crippen LogP contribution in [0.25, 0.3) is 0 Å². The van der Waals surface area contributed by atoms with E-state index < -0.39 is 6.17 Å². The van der Waals surface area contributed by atoms with Gasteiger partial charge in [-0.15, -0.1) is 0 Å². The molecular weight excluding hydrogens is 470 g/mol. The van der Waals surface area contributed by atoms with Crippen molar-refractivity contribution in [1.82, 2.24) is 9.80 Å². The minimum atomic E-state index is -0.558. The standard InChI is InChI=1S/C29H27N3O5/c1-36-24-15-18-11-13-30(17-19(18)16-25(24)37-2)26(33)12-14-31-27-20-7-3-4-8-21(20)29(35)32(27)23-10-6-5-9-22(23)28(31)34/h3-10,15-16,27H,11-14,17H2,1-2H3/t27-/m0/s1. The number of carbonyl (C=O) groups is 3.